The van der Waals surface area contributed by atoms with Gasteiger partial charge in [0.15, 0.2) is 0 Å². The molecule has 0 aliphatic rings. The molecule has 14 heavy (non-hydrogen) atoms. The fraction of sp³-hybridized carbons (Fsp3) is 0.400. The molecule has 0 radical (unpaired) electrons. The van der Waals surface area contributed by atoms with Gasteiger partial charge in [0, 0.05) is 5.41 Å². The molecule has 1 nitrogen and oxygen atoms in total. The molecule has 1 N–H and O–H groups in total. The topological polar surface area (TPSA) is 20.2 Å². The van der Waals surface area contributed by atoms with E-state index in [2.05, 4.69) is 15.9 Å². The van der Waals surface area contributed by atoms with Gasteiger partial charge in [0.05, 0.1) is 11.1 Å². The number of halogens is 3. The highest BCUT2D eigenvalue weighted by molar-refractivity contribution is 9.10. The largest absolute Gasteiger partial charge is 0.395 e. The Morgan fingerprint density at radius 2 is 1.71 bits per heavy atom. The van der Waals surface area contributed by atoms with Crippen molar-refractivity contribution in [3.63, 3.8) is 0 Å². The summed E-state index contributed by atoms with van der Waals surface area (Å²) in [6.07, 6.45) is 0. The standard InChI is InChI=1S/C10H11BrF2O/c1-10(2,5-14)6-3-7(12)9(11)8(13)4-6/h3-4,14H,5H2,1-2H3. The maximum atomic E-state index is 13.1. The van der Waals surface area contributed by atoms with Gasteiger partial charge < -0.3 is 5.11 Å². The number of hydrogen-bond acceptors (Lipinski definition) is 1. The van der Waals surface area contributed by atoms with E-state index in [1.54, 1.807) is 13.8 Å². The number of benzene rings is 1. The van der Waals surface area contributed by atoms with E-state index in [1.807, 2.05) is 0 Å². The lowest BCUT2D eigenvalue weighted by Gasteiger charge is -2.22. The van der Waals surface area contributed by atoms with Crippen molar-refractivity contribution in [1.29, 1.82) is 0 Å². The van der Waals surface area contributed by atoms with Gasteiger partial charge in [0.25, 0.3) is 0 Å². The van der Waals surface area contributed by atoms with E-state index in [1.165, 1.54) is 12.1 Å². The summed E-state index contributed by atoms with van der Waals surface area (Å²) in [7, 11) is 0. The second-order valence-electron chi connectivity index (χ2n) is 3.80. The Bertz CT molecular complexity index is 327. The van der Waals surface area contributed by atoms with Gasteiger partial charge in [-0.05, 0) is 33.6 Å². The lowest BCUT2D eigenvalue weighted by atomic mass is 9.85. The Kier molecular flexibility index (Phi) is 3.27. The molecule has 0 spiro atoms. The molecule has 0 aliphatic heterocycles. The maximum absolute atomic E-state index is 13.1. The van der Waals surface area contributed by atoms with Crippen molar-refractivity contribution in [2.75, 3.05) is 6.61 Å². The molecule has 0 amide bonds. The molecule has 0 heterocycles. The van der Waals surface area contributed by atoms with Crippen LogP contribution >= 0.6 is 15.9 Å². The summed E-state index contributed by atoms with van der Waals surface area (Å²) < 4.78 is 26.1. The highest BCUT2D eigenvalue weighted by Crippen LogP contribution is 2.28. The summed E-state index contributed by atoms with van der Waals surface area (Å²) in [6.45, 7) is 3.28. The SMILES string of the molecule is CC(C)(CO)c1cc(F)c(Br)c(F)c1. The first-order valence-electron chi connectivity index (χ1n) is 4.14. The van der Waals surface area contributed by atoms with Crippen molar-refractivity contribution in [3.05, 3.63) is 33.8 Å². The number of aliphatic hydroxyl groups is 1. The van der Waals surface area contributed by atoms with Gasteiger partial charge in [-0.25, -0.2) is 8.78 Å². The molecule has 0 saturated heterocycles. The fourth-order valence-corrected chi connectivity index (χ4v) is 1.27. The maximum Gasteiger partial charge on any atom is 0.140 e. The molecule has 0 atom stereocenters. The van der Waals surface area contributed by atoms with E-state index in [0.717, 1.165) is 0 Å². The van der Waals surface area contributed by atoms with Crippen molar-refractivity contribution in [2.45, 2.75) is 19.3 Å². The van der Waals surface area contributed by atoms with Crippen LogP contribution in [0.2, 0.25) is 0 Å². The molecular formula is C10H11BrF2O. The highest BCUT2D eigenvalue weighted by Gasteiger charge is 2.22. The van der Waals surface area contributed by atoms with E-state index in [9.17, 15) is 8.78 Å². The molecule has 1 aromatic rings. The molecule has 1 aromatic carbocycles. The predicted molar refractivity (Wildman–Crippen MR) is 54.2 cm³/mol. The third-order valence-corrected chi connectivity index (χ3v) is 2.92. The normalized spacial score (nSPS) is 11.9. The molecule has 0 unspecified atom stereocenters. The Labute approximate surface area is 89.9 Å². The zero-order valence-corrected chi connectivity index (χ0v) is 9.53. The highest BCUT2D eigenvalue weighted by atomic mass is 79.9. The monoisotopic (exact) mass is 264 g/mol. The predicted octanol–water partition coefficient (Wildman–Crippen LogP) is 3.00. The van der Waals surface area contributed by atoms with Crippen LogP contribution < -0.4 is 0 Å². The minimum atomic E-state index is -0.651. The van der Waals surface area contributed by atoms with Crippen LogP contribution in [0.25, 0.3) is 0 Å². The van der Waals surface area contributed by atoms with E-state index in [-0.39, 0.29) is 11.1 Å². The zero-order chi connectivity index (χ0) is 10.9. The van der Waals surface area contributed by atoms with Crippen LogP contribution in [0.3, 0.4) is 0 Å². The van der Waals surface area contributed by atoms with Crippen molar-refractivity contribution < 1.29 is 13.9 Å². The minimum absolute atomic E-state index is 0.159. The lowest BCUT2D eigenvalue weighted by Crippen LogP contribution is -2.22. The summed E-state index contributed by atoms with van der Waals surface area (Å²) in [5, 5.41) is 9.04. The molecule has 1 rings (SSSR count). The van der Waals surface area contributed by atoms with Crippen LogP contribution in [0.5, 0.6) is 0 Å². The quantitative estimate of drug-likeness (QED) is 0.815. The number of aliphatic hydroxyl groups excluding tert-OH is 1. The van der Waals surface area contributed by atoms with Gasteiger partial charge >= 0.3 is 0 Å². The van der Waals surface area contributed by atoms with Gasteiger partial charge in [0.2, 0.25) is 0 Å². The lowest BCUT2D eigenvalue weighted by molar-refractivity contribution is 0.218. The number of rotatable bonds is 2. The zero-order valence-electron chi connectivity index (χ0n) is 7.94. The van der Waals surface area contributed by atoms with E-state index in [0.29, 0.717) is 5.56 Å². The fourth-order valence-electron chi connectivity index (χ4n) is 1.04. The average Bonchev–Trinajstić information content (AvgIpc) is 2.13. The van der Waals surface area contributed by atoms with Crippen molar-refractivity contribution in [1.82, 2.24) is 0 Å². The Balaban J connectivity index is 3.26. The van der Waals surface area contributed by atoms with Gasteiger partial charge in [-0.15, -0.1) is 0 Å². The average molecular weight is 265 g/mol. The van der Waals surface area contributed by atoms with Crippen LogP contribution in [0.4, 0.5) is 8.78 Å². The third-order valence-electron chi connectivity index (χ3n) is 2.16. The van der Waals surface area contributed by atoms with Gasteiger partial charge in [-0.1, -0.05) is 13.8 Å². The third kappa shape index (κ3) is 2.12. The second-order valence-corrected chi connectivity index (χ2v) is 4.59. The van der Waals surface area contributed by atoms with Gasteiger partial charge in [-0.3, -0.25) is 0 Å². The molecule has 4 heteroatoms. The summed E-state index contributed by atoms with van der Waals surface area (Å²) in [6, 6.07) is 2.45. The first-order chi connectivity index (χ1) is 6.38. The van der Waals surface area contributed by atoms with Crippen LogP contribution in [-0.2, 0) is 5.41 Å². The van der Waals surface area contributed by atoms with E-state index in [4.69, 9.17) is 5.11 Å². The molecule has 0 aliphatic carbocycles. The van der Waals surface area contributed by atoms with Crippen molar-refractivity contribution >= 4 is 15.9 Å². The van der Waals surface area contributed by atoms with E-state index < -0.39 is 17.0 Å². The Morgan fingerprint density at radius 1 is 1.29 bits per heavy atom. The first kappa shape index (κ1) is 11.6. The summed E-state index contributed by atoms with van der Waals surface area (Å²) in [5.41, 5.74) is -0.194. The summed E-state index contributed by atoms with van der Waals surface area (Å²) in [4.78, 5) is 0. The van der Waals surface area contributed by atoms with Crippen LogP contribution in [0.15, 0.2) is 16.6 Å². The summed E-state index contributed by atoms with van der Waals surface area (Å²) >= 11 is 2.79. The number of hydrogen-bond donors (Lipinski definition) is 1. The second kappa shape index (κ2) is 3.95. The van der Waals surface area contributed by atoms with Crippen LogP contribution in [-0.4, -0.2) is 11.7 Å². The van der Waals surface area contributed by atoms with Crippen molar-refractivity contribution in [2.24, 2.45) is 0 Å². The molecule has 0 fully saturated rings. The minimum Gasteiger partial charge on any atom is -0.395 e. The molecule has 0 aromatic heterocycles. The Morgan fingerprint density at radius 3 is 2.07 bits per heavy atom. The van der Waals surface area contributed by atoms with Crippen LogP contribution in [0.1, 0.15) is 19.4 Å². The molecular weight excluding hydrogens is 254 g/mol. The van der Waals surface area contributed by atoms with E-state index >= 15 is 0 Å². The van der Waals surface area contributed by atoms with Gasteiger partial charge in [0.1, 0.15) is 11.6 Å². The molecule has 0 saturated carbocycles. The van der Waals surface area contributed by atoms with Crippen LogP contribution in [0, 0.1) is 11.6 Å². The first-order valence-corrected chi connectivity index (χ1v) is 4.93. The Hall–Kier alpha value is -0.480. The molecule has 78 valence electrons. The van der Waals surface area contributed by atoms with Gasteiger partial charge in [-0.2, -0.15) is 0 Å². The molecule has 0 bridgehead atoms. The summed E-state index contributed by atoms with van der Waals surface area (Å²) in [5.74, 6) is -1.30. The van der Waals surface area contributed by atoms with Crippen molar-refractivity contribution in [3.8, 4) is 0 Å². The smallest absolute Gasteiger partial charge is 0.140 e.